The molecule has 0 N–H and O–H groups in total. The van der Waals surface area contributed by atoms with Crippen LogP contribution in [-0.2, 0) is 0 Å². The molecule has 1 aliphatic rings. The summed E-state index contributed by atoms with van der Waals surface area (Å²) < 4.78 is 11.8. The van der Waals surface area contributed by atoms with Crippen LogP contribution in [0.1, 0.15) is 9.67 Å². The van der Waals surface area contributed by atoms with Crippen molar-refractivity contribution in [2.75, 3.05) is 45.3 Å². The maximum Gasteiger partial charge on any atom is 0.264 e. The van der Waals surface area contributed by atoms with E-state index in [9.17, 15) is 4.79 Å². The molecule has 27 heavy (non-hydrogen) atoms. The Balaban J connectivity index is 1.53. The average Bonchev–Trinajstić information content (AvgIpc) is 3.19. The van der Waals surface area contributed by atoms with Gasteiger partial charge < -0.3 is 19.3 Å². The zero-order chi connectivity index (χ0) is 18.8. The highest BCUT2D eigenvalue weighted by Gasteiger charge is 2.25. The van der Waals surface area contributed by atoms with Gasteiger partial charge in [0.25, 0.3) is 5.91 Å². The van der Waals surface area contributed by atoms with Crippen molar-refractivity contribution in [3.63, 3.8) is 0 Å². The number of methoxy groups -OCH3 is 2. The van der Waals surface area contributed by atoms with Crippen molar-refractivity contribution >= 4 is 33.3 Å². The summed E-state index contributed by atoms with van der Waals surface area (Å²) in [6, 6.07) is 7.43. The van der Waals surface area contributed by atoms with Crippen molar-refractivity contribution in [2.45, 2.75) is 0 Å². The average molecular weight is 384 g/mol. The predicted molar refractivity (Wildman–Crippen MR) is 105 cm³/mol. The van der Waals surface area contributed by atoms with Gasteiger partial charge in [0.1, 0.15) is 11.5 Å². The first-order valence-corrected chi connectivity index (χ1v) is 9.48. The third-order valence-electron chi connectivity index (χ3n) is 4.66. The van der Waals surface area contributed by atoms with E-state index in [1.54, 1.807) is 32.7 Å². The van der Waals surface area contributed by atoms with Crippen LogP contribution in [0, 0.1) is 0 Å². The lowest BCUT2D eigenvalue weighted by Gasteiger charge is -2.34. The maximum atomic E-state index is 13.0. The monoisotopic (exact) mass is 384 g/mol. The van der Waals surface area contributed by atoms with Gasteiger partial charge in [-0.25, -0.2) is 9.97 Å². The summed E-state index contributed by atoms with van der Waals surface area (Å²) in [5.41, 5.74) is 0. The number of anilines is 1. The molecule has 140 valence electrons. The molecule has 0 unspecified atom stereocenters. The molecule has 0 spiro atoms. The number of nitrogens with zero attached hydrogens (tertiary/aromatic N) is 4. The van der Waals surface area contributed by atoms with Crippen molar-refractivity contribution in [2.24, 2.45) is 0 Å². The Hall–Kier alpha value is -2.87. The number of thiophene rings is 1. The van der Waals surface area contributed by atoms with Crippen LogP contribution in [-0.4, -0.2) is 61.2 Å². The van der Waals surface area contributed by atoms with Crippen molar-refractivity contribution in [3.8, 4) is 11.5 Å². The fourth-order valence-electron chi connectivity index (χ4n) is 3.24. The van der Waals surface area contributed by atoms with E-state index in [0.717, 1.165) is 21.6 Å². The van der Waals surface area contributed by atoms with Crippen molar-refractivity contribution in [1.82, 2.24) is 14.9 Å². The number of hydrogen-bond donors (Lipinski definition) is 0. The van der Waals surface area contributed by atoms with Crippen molar-refractivity contribution in [3.05, 3.63) is 41.5 Å². The Morgan fingerprint density at radius 3 is 2.37 bits per heavy atom. The predicted octanol–water partition coefficient (Wildman–Crippen LogP) is 2.67. The second-order valence-corrected chi connectivity index (χ2v) is 7.20. The second-order valence-electron chi connectivity index (χ2n) is 6.15. The SMILES string of the molecule is COc1ccc(OC)c2sc(C(=O)N3CCN(c4ncccn4)CC3)cc12. The molecule has 3 aromatic rings. The van der Waals surface area contributed by atoms with Crippen LogP contribution in [0.2, 0.25) is 0 Å². The summed E-state index contributed by atoms with van der Waals surface area (Å²) in [4.78, 5) is 26.3. The number of carbonyl (C=O) groups excluding carboxylic acids is 1. The Labute approximate surface area is 161 Å². The summed E-state index contributed by atoms with van der Waals surface area (Å²) >= 11 is 1.44. The molecule has 1 saturated heterocycles. The molecule has 1 amide bonds. The smallest absolute Gasteiger partial charge is 0.264 e. The second kappa shape index (κ2) is 7.40. The molecule has 4 rings (SSSR count). The van der Waals surface area contributed by atoms with Crippen LogP contribution in [0.4, 0.5) is 5.95 Å². The van der Waals surface area contributed by atoms with E-state index >= 15 is 0 Å². The minimum Gasteiger partial charge on any atom is -0.496 e. The zero-order valence-electron chi connectivity index (χ0n) is 15.2. The van der Waals surface area contributed by atoms with Gasteiger partial charge in [-0.05, 0) is 24.3 Å². The highest BCUT2D eigenvalue weighted by molar-refractivity contribution is 7.21. The van der Waals surface area contributed by atoms with Crippen molar-refractivity contribution in [1.29, 1.82) is 0 Å². The van der Waals surface area contributed by atoms with Gasteiger partial charge in [0.2, 0.25) is 5.95 Å². The fourth-order valence-corrected chi connectivity index (χ4v) is 4.37. The largest absolute Gasteiger partial charge is 0.496 e. The molecule has 0 bridgehead atoms. The van der Waals surface area contributed by atoms with Crippen LogP contribution in [0.5, 0.6) is 11.5 Å². The number of carbonyl (C=O) groups is 1. The van der Waals surface area contributed by atoms with Gasteiger partial charge in [0, 0.05) is 44.0 Å². The maximum absolute atomic E-state index is 13.0. The first-order valence-electron chi connectivity index (χ1n) is 8.67. The van der Waals surface area contributed by atoms with Gasteiger partial charge in [0.15, 0.2) is 0 Å². The number of benzene rings is 1. The van der Waals surface area contributed by atoms with Gasteiger partial charge >= 0.3 is 0 Å². The highest BCUT2D eigenvalue weighted by Crippen LogP contribution is 2.39. The van der Waals surface area contributed by atoms with Crippen LogP contribution >= 0.6 is 11.3 Å². The van der Waals surface area contributed by atoms with E-state index in [2.05, 4.69) is 14.9 Å². The lowest BCUT2D eigenvalue weighted by molar-refractivity contribution is 0.0751. The van der Waals surface area contributed by atoms with E-state index in [1.807, 2.05) is 23.1 Å². The molecule has 1 aromatic carbocycles. The summed E-state index contributed by atoms with van der Waals surface area (Å²) in [7, 11) is 3.26. The summed E-state index contributed by atoms with van der Waals surface area (Å²) in [6.07, 6.45) is 3.47. The Bertz CT molecular complexity index is 911. The lowest BCUT2D eigenvalue weighted by Crippen LogP contribution is -2.49. The molecule has 7 nitrogen and oxygen atoms in total. The first kappa shape index (κ1) is 17.5. The van der Waals surface area contributed by atoms with Crippen LogP contribution in [0.25, 0.3) is 10.1 Å². The summed E-state index contributed by atoms with van der Waals surface area (Å²) in [5, 5.41) is 0.904. The molecule has 1 fully saturated rings. The van der Waals surface area contributed by atoms with Crippen LogP contribution in [0.15, 0.2) is 36.7 Å². The van der Waals surface area contributed by atoms with Crippen LogP contribution < -0.4 is 14.4 Å². The molecule has 0 atom stereocenters. The molecule has 0 aliphatic carbocycles. The van der Waals surface area contributed by atoms with Crippen molar-refractivity contribution < 1.29 is 14.3 Å². The topological polar surface area (TPSA) is 67.8 Å². The Morgan fingerprint density at radius 1 is 1.04 bits per heavy atom. The third kappa shape index (κ3) is 3.28. The van der Waals surface area contributed by atoms with Gasteiger partial charge in [-0.15, -0.1) is 11.3 Å². The molecule has 3 heterocycles. The summed E-state index contributed by atoms with van der Waals surface area (Å²) in [6.45, 7) is 2.71. The van der Waals surface area contributed by atoms with E-state index in [1.165, 1.54) is 11.3 Å². The van der Waals surface area contributed by atoms with E-state index < -0.39 is 0 Å². The molecule has 8 heteroatoms. The van der Waals surface area contributed by atoms with Gasteiger partial charge in [-0.1, -0.05) is 0 Å². The molecular formula is C19H20N4O3S. The summed E-state index contributed by atoms with van der Waals surface area (Å²) in [5.74, 6) is 2.24. The number of ether oxygens (including phenoxy) is 2. The number of fused-ring (bicyclic) bond motifs is 1. The molecule has 2 aromatic heterocycles. The lowest BCUT2D eigenvalue weighted by atomic mass is 10.2. The number of aromatic nitrogens is 2. The van der Waals surface area contributed by atoms with E-state index in [-0.39, 0.29) is 5.91 Å². The normalized spacial score (nSPS) is 14.4. The van der Waals surface area contributed by atoms with Crippen LogP contribution in [0.3, 0.4) is 0 Å². The Morgan fingerprint density at radius 2 is 1.70 bits per heavy atom. The number of piperazine rings is 1. The van der Waals surface area contributed by atoms with E-state index in [4.69, 9.17) is 9.47 Å². The molecule has 1 aliphatic heterocycles. The number of rotatable bonds is 4. The van der Waals surface area contributed by atoms with Gasteiger partial charge in [-0.2, -0.15) is 0 Å². The van der Waals surface area contributed by atoms with Gasteiger partial charge in [0.05, 0.1) is 23.8 Å². The van der Waals surface area contributed by atoms with E-state index in [0.29, 0.717) is 37.0 Å². The Kier molecular flexibility index (Phi) is 4.81. The highest BCUT2D eigenvalue weighted by atomic mass is 32.1. The number of hydrogen-bond acceptors (Lipinski definition) is 7. The first-order chi connectivity index (χ1) is 13.2. The fraction of sp³-hybridized carbons (Fsp3) is 0.316. The minimum absolute atomic E-state index is 0.0361. The zero-order valence-corrected chi connectivity index (χ0v) is 16.0. The quantitative estimate of drug-likeness (QED) is 0.689. The molecule has 0 saturated carbocycles. The van der Waals surface area contributed by atoms with Gasteiger partial charge in [-0.3, -0.25) is 4.79 Å². The standard InChI is InChI=1S/C19H20N4O3S/c1-25-14-4-5-15(26-2)17-13(14)12-16(27-17)18(24)22-8-10-23(11-9-22)19-20-6-3-7-21-19/h3-7,12H,8-11H2,1-2H3. The molecular weight excluding hydrogens is 364 g/mol. The minimum atomic E-state index is 0.0361. The third-order valence-corrected chi connectivity index (χ3v) is 5.80. The number of amides is 1. The molecule has 0 radical (unpaired) electrons.